The van der Waals surface area contributed by atoms with Crippen molar-refractivity contribution in [2.75, 3.05) is 0 Å². The van der Waals surface area contributed by atoms with Crippen LogP contribution < -0.4 is 0 Å². The number of hydrogen-bond donors (Lipinski definition) is 0. The lowest BCUT2D eigenvalue weighted by Crippen LogP contribution is -2.27. The summed E-state index contributed by atoms with van der Waals surface area (Å²) in [5.74, 6) is -0.746. The minimum absolute atomic E-state index is 0.0753. The summed E-state index contributed by atoms with van der Waals surface area (Å²) < 4.78 is 58.2. The highest BCUT2D eigenvalue weighted by atomic mass is 32.2. The zero-order valence-electron chi connectivity index (χ0n) is 15.7. The van der Waals surface area contributed by atoms with Gasteiger partial charge in [-0.25, -0.2) is 4.39 Å². The molecular formula is C22H13F4NO3S. The van der Waals surface area contributed by atoms with Crippen molar-refractivity contribution in [3.63, 3.8) is 0 Å². The Morgan fingerprint density at radius 1 is 1.00 bits per heavy atom. The first-order chi connectivity index (χ1) is 14.7. The molecule has 0 spiro atoms. The van der Waals surface area contributed by atoms with Gasteiger partial charge in [0.05, 0.1) is 17.0 Å². The summed E-state index contributed by atoms with van der Waals surface area (Å²) in [6.45, 7) is -0.206. The van der Waals surface area contributed by atoms with Crippen LogP contribution in [0, 0.1) is 5.82 Å². The number of amides is 2. The van der Waals surface area contributed by atoms with Crippen LogP contribution in [-0.2, 0) is 17.5 Å². The molecular weight excluding hydrogens is 434 g/mol. The highest BCUT2D eigenvalue weighted by molar-refractivity contribution is 8.18. The molecule has 2 heterocycles. The number of alkyl halides is 3. The quantitative estimate of drug-likeness (QED) is 0.346. The van der Waals surface area contributed by atoms with Crippen LogP contribution in [-0.4, -0.2) is 16.0 Å². The molecule has 0 radical (unpaired) electrons. The molecule has 1 aliphatic rings. The lowest BCUT2D eigenvalue weighted by Gasteiger charge is -2.12. The predicted octanol–water partition coefficient (Wildman–Crippen LogP) is 6.34. The van der Waals surface area contributed by atoms with E-state index in [2.05, 4.69) is 0 Å². The Morgan fingerprint density at radius 2 is 1.77 bits per heavy atom. The third kappa shape index (κ3) is 4.41. The summed E-state index contributed by atoms with van der Waals surface area (Å²) in [7, 11) is 0. The van der Waals surface area contributed by atoms with E-state index >= 15 is 0 Å². The summed E-state index contributed by atoms with van der Waals surface area (Å²) in [6, 6.07) is 13.5. The molecule has 158 valence electrons. The van der Waals surface area contributed by atoms with Gasteiger partial charge >= 0.3 is 6.18 Å². The average Bonchev–Trinajstić information content (AvgIpc) is 3.29. The van der Waals surface area contributed by atoms with Gasteiger partial charge in [-0.05, 0) is 42.1 Å². The molecule has 0 N–H and O–H groups in total. The second kappa shape index (κ2) is 8.07. The van der Waals surface area contributed by atoms with Crippen molar-refractivity contribution < 1.29 is 31.6 Å². The molecule has 0 unspecified atom stereocenters. The Balaban J connectivity index is 1.55. The van der Waals surface area contributed by atoms with Gasteiger partial charge in [-0.1, -0.05) is 30.3 Å². The van der Waals surface area contributed by atoms with Crippen molar-refractivity contribution >= 4 is 29.0 Å². The fraction of sp³-hybridized carbons (Fsp3) is 0.0909. The van der Waals surface area contributed by atoms with Crippen molar-refractivity contribution in [2.24, 2.45) is 0 Å². The van der Waals surface area contributed by atoms with Gasteiger partial charge < -0.3 is 4.42 Å². The molecule has 0 bridgehead atoms. The molecule has 1 aliphatic heterocycles. The second-order valence-corrected chi connectivity index (χ2v) is 7.63. The first-order valence-corrected chi connectivity index (χ1v) is 9.80. The monoisotopic (exact) mass is 447 g/mol. The van der Waals surface area contributed by atoms with E-state index in [1.54, 1.807) is 6.07 Å². The minimum Gasteiger partial charge on any atom is -0.457 e. The van der Waals surface area contributed by atoms with Crippen molar-refractivity contribution in [2.45, 2.75) is 12.7 Å². The van der Waals surface area contributed by atoms with Gasteiger partial charge in [0.1, 0.15) is 17.3 Å². The number of thioether (sulfide) groups is 1. The van der Waals surface area contributed by atoms with E-state index in [0.29, 0.717) is 11.8 Å². The predicted molar refractivity (Wildman–Crippen MR) is 107 cm³/mol. The largest absolute Gasteiger partial charge is 0.457 e. The molecule has 0 saturated carbocycles. The van der Waals surface area contributed by atoms with Crippen LogP contribution in [0.2, 0.25) is 0 Å². The lowest BCUT2D eigenvalue weighted by atomic mass is 10.1. The van der Waals surface area contributed by atoms with Crippen LogP contribution in [0.25, 0.3) is 17.4 Å². The maximum absolute atomic E-state index is 13.9. The third-order valence-corrected chi connectivity index (χ3v) is 5.44. The number of benzene rings is 2. The molecule has 2 aromatic carbocycles. The SMILES string of the molecule is O=C1S/C(=C/c2ccc(-c3cccc(C(F)(F)F)c3)o2)C(=O)N1Cc1ccccc1F. The van der Waals surface area contributed by atoms with Gasteiger partial charge in [0.2, 0.25) is 0 Å². The number of hydrogen-bond acceptors (Lipinski definition) is 4. The molecule has 31 heavy (non-hydrogen) atoms. The molecule has 9 heteroatoms. The zero-order valence-corrected chi connectivity index (χ0v) is 16.5. The van der Waals surface area contributed by atoms with Gasteiger partial charge in [0.15, 0.2) is 0 Å². The minimum atomic E-state index is -4.48. The number of carbonyl (C=O) groups excluding carboxylic acids is 2. The van der Waals surface area contributed by atoms with Crippen LogP contribution in [0.3, 0.4) is 0 Å². The maximum atomic E-state index is 13.9. The van der Waals surface area contributed by atoms with Gasteiger partial charge in [0.25, 0.3) is 11.1 Å². The van der Waals surface area contributed by atoms with Crippen LogP contribution in [0.4, 0.5) is 22.4 Å². The van der Waals surface area contributed by atoms with E-state index in [4.69, 9.17) is 4.42 Å². The fourth-order valence-electron chi connectivity index (χ4n) is 3.00. The van der Waals surface area contributed by atoms with Crippen LogP contribution in [0.1, 0.15) is 16.9 Å². The van der Waals surface area contributed by atoms with Crippen molar-refractivity contribution in [3.8, 4) is 11.3 Å². The van der Waals surface area contributed by atoms with Gasteiger partial charge in [0, 0.05) is 17.2 Å². The van der Waals surface area contributed by atoms with E-state index in [-0.39, 0.29) is 34.1 Å². The van der Waals surface area contributed by atoms with Crippen LogP contribution >= 0.6 is 11.8 Å². The van der Waals surface area contributed by atoms with Crippen molar-refractivity contribution in [3.05, 3.63) is 88.3 Å². The van der Waals surface area contributed by atoms with E-state index < -0.39 is 28.7 Å². The van der Waals surface area contributed by atoms with Crippen molar-refractivity contribution in [1.29, 1.82) is 0 Å². The zero-order chi connectivity index (χ0) is 22.2. The smallest absolute Gasteiger partial charge is 0.416 e. The number of rotatable bonds is 4. The summed E-state index contributed by atoms with van der Waals surface area (Å²) in [5, 5.41) is -0.552. The van der Waals surface area contributed by atoms with E-state index in [1.165, 1.54) is 48.5 Å². The van der Waals surface area contributed by atoms with Crippen LogP contribution in [0.5, 0.6) is 0 Å². The number of carbonyl (C=O) groups is 2. The standard InChI is InChI=1S/C22H13F4NO3S/c23-17-7-2-1-4-14(17)12-27-20(28)19(31-21(27)29)11-16-8-9-18(30-16)13-5-3-6-15(10-13)22(24,25)26/h1-11H,12H2/b19-11+. The second-order valence-electron chi connectivity index (χ2n) is 6.64. The summed E-state index contributed by atoms with van der Waals surface area (Å²) >= 11 is 0.680. The molecule has 1 aromatic heterocycles. The lowest BCUT2D eigenvalue weighted by molar-refractivity contribution is -0.137. The number of furan rings is 1. The fourth-order valence-corrected chi connectivity index (χ4v) is 3.82. The molecule has 0 atom stereocenters. The van der Waals surface area contributed by atoms with Gasteiger partial charge in [-0.15, -0.1) is 0 Å². The van der Waals surface area contributed by atoms with E-state index in [0.717, 1.165) is 17.0 Å². The summed E-state index contributed by atoms with van der Waals surface area (Å²) in [5.41, 5.74) is -0.379. The Bertz CT molecular complexity index is 1200. The Kier molecular flexibility index (Phi) is 5.45. The Labute approximate surface area is 178 Å². The topological polar surface area (TPSA) is 50.5 Å². The Morgan fingerprint density at radius 3 is 2.52 bits per heavy atom. The molecule has 1 fully saturated rings. The molecule has 4 rings (SSSR count). The molecule has 0 aliphatic carbocycles. The number of nitrogens with zero attached hydrogens (tertiary/aromatic N) is 1. The van der Waals surface area contributed by atoms with Gasteiger partial charge in [-0.3, -0.25) is 14.5 Å². The van der Waals surface area contributed by atoms with E-state index in [1.807, 2.05) is 0 Å². The van der Waals surface area contributed by atoms with E-state index in [9.17, 15) is 27.2 Å². The maximum Gasteiger partial charge on any atom is 0.416 e. The van der Waals surface area contributed by atoms with Crippen molar-refractivity contribution in [1.82, 2.24) is 4.90 Å². The summed E-state index contributed by atoms with van der Waals surface area (Å²) in [4.78, 5) is 25.8. The first-order valence-electron chi connectivity index (χ1n) is 8.98. The van der Waals surface area contributed by atoms with Gasteiger partial charge in [-0.2, -0.15) is 13.2 Å². The molecule has 1 saturated heterocycles. The third-order valence-electron chi connectivity index (χ3n) is 4.53. The highest BCUT2D eigenvalue weighted by Gasteiger charge is 2.35. The van der Waals surface area contributed by atoms with Crippen LogP contribution in [0.15, 0.2) is 70.0 Å². The average molecular weight is 447 g/mol. The molecule has 3 aromatic rings. The number of imide groups is 1. The number of halogens is 4. The normalized spacial score (nSPS) is 15.9. The summed E-state index contributed by atoms with van der Waals surface area (Å²) in [6.07, 6.45) is -3.15. The Hall–Kier alpha value is -3.33. The first kappa shape index (κ1) is 20.9. The highest BCUT2D eigenvalue weighted by Crippen LogP contribution is 2.36. The molecule has 2 amide bonds. The molecule has 4 nitrogen and oxygen atoms in total.